The van der Waals surface area contributed by atoms with Gasteiger partial charge in [-0.15, -0.1) is 0 Å². The predicted molar refractivity (Wildman–Crippen MR) is 31.2 cm³/mol. The molecule has 10 heavy (non-hydrogen) atoms. The van der Waals surface area contributed by atoms with Crippen molar-refractivity contribution in [1.29, 1.82) is 0 Å². The molecule has 1 aromatic rings. The van der Waals surface area contributed by atoms with Gasteiger partial charge in [0.05, 0.1) is 0 Å². The fourth-order valence-electron chi connectivity index (χ4n) is 0.489. The van der Waals surface area contributed by atoms with E-state index >= 15 is 0 Å². The number of hydrogen-bond acceptors (Lipinski definition) is 2. The largest absolute Gasteiger partial charge is 0.477 e. The van der Waals surface area contributed by atoms with Gasteiger partial charge in [0.1, 0.15) is 5.69 Å². The molecule has 0 atom stereocenters. The maximum atomic E-state index is 10.1. The Labute approximate surface area is 72.4 Å². The van der Waals surface area contributed by atoms with Crippen molar-refractivity contribution in [2.24, 2.45) is 0 Å². The molecule has 0 fully saturated rings. The average Bonchev–Trinajstić information content (AvgIpc) is 1.90. The van der Waals surface area contributed by atoms with E-state index in [0.717, 1.165) is 0 Å². The Morgan fingerprint density at radius 3 is 2.50 bits per heavy atom. The molecule has 0 spiro atoms. The van der Waals surface area contributed by atoms with Crippen LogP contribution in [-0.4, -0.2) is 16.1 Å². The van der Waals surface area contributed by atoms with E-state index in [0.29, 0.717) is 0 Å². The third-order valence-corrected chi connectivity index (χ3v) is 0.884. The quantitative estimate of drug-likeness (QED) is 0.834. The van der Waals surface area contributed by atoms with E-state index in [-0.39, 0.29) is 26.8 Å². The van der Waals surface area contributed by atoms with Crippen LogP contribution in [0.1, 0.15) is 10.5 Å². The van der Waals surface area contributed by atoms with Crippen LogP contribution >= 0.6 is 0 Å². The molecule has 1 heterocycles. The zero-order chi connectivity index (χ0) is 6.69. The smallest absolute Gasteiger partial charge is 0.354 e. The number of pyridine rings is 1. The Balaban J connectivity index is 0.000000810. The molecule has 0 aromatic carbocycles. The molecular formula is C6H5NO2W. The van der Waals surface area contributed by atoms with Crippen molar-refractivity contribution in [3.63, 3.8) is 0 Å². The fraction of sp³-hybridized carbons (Fsp3) is 0. The minimum Gasteiger partial charge on any atom is -0.477 e. The van der Waals surface area contributed by atoms with Crippen LogP contribution in [0.25, 0.3) is 0 Å². The van der Waals surface area contributed by atoms with Gasteiger partial charge >= 0.3 is 5.97 Å². The Bertz CT molecular complexity index is 212. The summed E-state index contributed by atoms with van der Waals surface area (Å²) in [6, 6.07) is 4.76. The van der Waals surface area contributed by atoms with Gasteiger partial charge < -0.3 is 5.11 Å². The molecule has 4 heteroatoms. The molecular weight excluding hydrogens is 302 g/mol. The first-order chi connectivity index (χ1) is 4.30. The molecule has 0 aliphatic heterocycles. The minimum absolute atomic E-state index is 0. The Morgan fingerprint density at radius 1 is 1.50 bits per heavy atom. The second kappa shape index (κ2) is 4.18. The number of carbonyl (C=O) groups is 1. The Morgan fingerprint density at radius 2 is 2.20 bits per heavy atom. The van der Waals surface area contributed by atoms with Crippen LogP contribution in [0.2, 0.25) is 0 Å². The first-order valence-electron chi connectivity index (χ1n) is 2.45. The second-order valence-electron chi connectivity index (χ2n) is 1.52. The summed E-state index contributed by atoms with van der Waals surface area (Å²) in [6.45, 7) is 0. The van der Waals surface area contributed by atoms with Crippen molar-refractivity contribution in [3.05, 3.63) is 30.1 Å². The minimum atomic E-state index is -0.990. The van der Waals surface area contributed by atoms with E-state index in [1.807, 2.05) is 0 Å². The first kappa shape index (κ1) is 9.31. The zero-order valence-electron chi connectivity index (χ0n) is 5.02. The van der Waals surface area contributed by atoms with Crippen molar-refractivity contribution < 1.29 is 31.0 Å². The molecule has 0 saturated heterocycles. The van der Waals surface area contributed by atoms with Crippen LogP contribution < -0.4 is 0 Å². The first-order valence-corrected chi connectivity index (χ1v) is 2.45. The van der Waals surface area contributed by atoms with E-state index in [1.54, 1.807) is 12.1 Å². The van der Waals surface area contributed by atoms with Crippen molar-refractivity contribution >= 4 is 5.97 Å². The number of nitrogens with zero attached hydrogens (tertiary/aromatic N) is 1. The van der Waals surface area contributed by atoms with Crippen LogP contribution in [0, 0.1) is 0 Å². The third kappa shape index (κ3) is 2.27. The zero-order valence-corrected chi connectivity index (χ0v) is 7.95. The van der Waals surface area contributed by atoms with Gasteiger partial charge in [-0.2, -0.15) is 0 Å². The predicted octanol–water partition coefficient (Wildman–Crippen LogP) is 0.777. The molecule has 3 nitrogen and oxygen atoms in total. The molecule has 0 saturated carbocycles. The van der Waals surface area contributed by atoms with Gasteiger partial charge in [-0.05, 0) is 12.1 Å². The fourth-order valence-corrected chi connectivity index (χ4v) is 0.489. The van der Waals surface area contributed by atoms with Gasteiger partial charge in [0, 0.05) is 27.3 Å². The second-order valence-corrected chi connectivity index (χ2v) is 1.52. The summed E-state index contributed by atoms with van der Waals surface area (Å²) in [4.78, 5) is 13.7. The third-order valence-electron chi connectivity index (χ3n) is 0.884. The van der Waals surface area contributed by atoms with E-state index in [1.165, 1.54) is 12.3 Å². The monoisotopic (exact) mass is 307 g/mol. The van der Waals surface area contributed by atoms with Crippen LogP contribution in [0.15, 0.2) is 24.4 Å². The number of aromatic nitrogens is 1. The van der Waals surface area contributed by atoms with E-state index < -0.39 is 5.97 Å². The Kier molecular flexibility index (Phi) is 3.89. The molecule has 52 valence electrons. The summed E-state index contributed by atoms with van der Waals surface area (Å²) in [5, 5.41) is 8.32. The molecule has 0 aliphatic rings. The van der Waals surface area contributed by atoms with Gasteiger partial charge in [-0.25, -0.2) is 9.78 Å². The molecule has 0 amide bonds. The molecule has 0 aliphatic carbocycles. The van der Waals surface area contributed by atoms with Crippen LogP contribution in [0.5, 0.6) is 0 Å². The van der Waals surface area contributed by atoms with Crippen molar-refractivity contribution in [2.45, 2.75) is 0 Å². The maximum absolute atomic E-state index is 10.1. The number of rotatable bonds is 1. The Hall–Kier alpha value is -0.692. The summed E-state index contributed by atoms with van der Waals surface area (Å²) in [5.41, 5.74) is 0.0810. The molecule has 0 radical (unpaired) electrons. The maximum Gasteiger partial charge on any atom is 0.354 e. The number of aromatic carboxylic acids is 1. The van der Waals surface area contributed by atoms with Crippen LogP contribution in [0.4, 0.5) is 0 Å². The standard InChI is InChI=1S/C6H5NO2.W/c8-6(9)5-3-1-2-4-7-5;/h1-4H,(H,8,9);. The van der Waals surface area contributed by atoms with Gasteiger partial charge in [0.25, 0.3) is 0 Å². The van der Waals surface area contributed by atoms with Crippen LogP contribution in [-0.2, 0) is 21.1 Å². The summed E-state index contributed by atoms with van der Waals surface area (Å²) >= 11 is 0. The molecule has 0 unspecified atom stereocenters. The topological polar surface area (TPSA) is 50.2 Å². The average molecular weight is 307 g/mol. The number of carboxylic acids is 1. The summed E-state index contributed by atoms with van der Waals surface area (Å²) in [5.74, 6) is -0.990. The summed E-state index contributed by atoms with van der Waals surface area (Å²) in [7, 11) is 0. The van der Waals surface area contributed by atoms with E-state index in [4.69, 9.17) is 5.11 Å². The molecule has 1 aromatic heterocycles. The van der Waals surface area contributed by atoms with Crippen molar-refractivity contribution in [3.8, 4) is 0 Å². The molecule has 1 rings (SSSR count). The summed E-state index contributed by atoms with van der Waals surface area (Å²) < 4.78 is 0. The summed E-state index contributed by atoms with van der Waals surface area (Å²) in [6.07, 6.45) is 1.45. The van der Waals surface area contributed by atoms with E-state index in [2.05, 4.69) is 4.98 Å². The van der Waals surface area contributed by atoms with Gasteiger partial charge in [-0.1, -0.05) is 6.07 Å². The normalized spacial score (nSPS) is 8.00. The molecule has 0 bridgehead atoms. The molecule has 1 N–H and O–H groups in total. The SMILES string of the molecule is O=C(O)c1ccccn1.[W]. The number of carboxylic acid groups (broad SMARTS) is 1. The van der Waals surface area contributed by atoms with Crippen molar-refractivity contribution in [2.75, 3.05) is 0 Å². The van der Waals surface area contributed by atoms with Crippen LogP contribution in [0.3, 0.4) is 0 Å². The van der Waals surface area contributed by atoms with Gasteiger partial charge in [0.2, 0.25) is 0 Å². The van der Waals surface area contributed by atoms with Gasteiger partial charge in [-0.3, -0.25) is 0 Å². The number of hydrogen-bond donors (Lipinski definition) is 1. The van der Waals surface area contributed by atoms with Gasteiger partial charge in [0.15, 0.2) is 0 Å². The van der Waals surface area contributed by atoms with Crippen molar-refractivity contribution in [1.82, 2.24) is 4.98 Å². The van der Waals surface area contributed by atoms with E-state index in [9.17, 15) is 4.79 Å².